The Morgan fingerprint density at radius 1 is 1.17 bits per heavy atom. The third-order valence-electron chi connectivity index (χ3n) is 2.40. The molecular formula is C13H12Br2N6O2. The Morgan fingerprint density at radius 2 is 1.83 bits per heavy atom. The van der Waals surface area contributed by atoms with Crippen molar-refractivity contribution in [3.63, 3.8) is 0 Å². The second-order valence-corrected chi connectivity index (χ2v) is 5.92. The van der Waals surface area contributed by atoms with Crippen molar-refractivity contribution < 1.29 is 9.53 Å². The minimum atomic E-state index is -0.431. The number of carbonyl (C=O) groups excluding carboxylic acids is 1. The van der Waals surface area contributed by atoms with Crippen LogP contribution in [0.15, 0.2) is 39.9 Å². The van der Waals surface area contributed by atoms with Crippen LogP contribution in [0.4, 0.5) is 5.95 Å². The van der Waals surface area contributed by atoms with E-state index in [-0.39, 0.29) is 5.69 Å². The molecule has 0 fully saturated rings. The van der Waals surface area contributed by atoms with Crippen LogP contribution in [-0.4, -0.2) is 36.9 Å². The standard InChI is InChI=1S/C9H8BrN3O2.C4H4BrN3/c1-2-15-8(14)7-5-13-4-6(10)3-11-9(13)12-7;5-3-1-7-4(6)8-2-3/h3-5H,2H2,1H3;1-2H,(H2,6,7,8). The van der Waals surface area contributed by atoms with Crippen LogP contribution in [-0.2, 0) is 4.74 Å². The molecule has 0 amide bonds. The number of ether oxygens (including phenoxy) is 1. The Hall–Kier alpha value is -2.07. The summed E-state index contributed by atoms with van der Waals surface area (Å²) in [6.45, 7) is 2.09. The van der Waals surface area contributed by atoms with Crippen molar-refractivity contribution in [2.45, 2.75) is 6.92 Å². The van der Waals surface area contributed by atoms with Crippen molar-refractivity contribution >= 4 is 49.6 Å². The van der Waals surface area contributed by atoms with Crippen LogP contribution in [0.5, 0.6) is 0 Å². The van der Waals surface area contributed by atoms with Crippen molar-refractivity contribution in [3.8, 4) is 0 Å². The molecule has 3 heterocycles. The van der Waals surface area contributed by atoms with Gasteiger partial charge in [0.1, 0.15) is 0 Å². The Balaban J connectivity index is 0.000000203. The maximum atomic E-state index is 11.4. The summed E-state index contributed by atoms with van der Waals surface area (Å²) in [7, 11) is 0. The van der Waals surface area contributed by atoms with E-state index in [4.69, 9.17) is 10.5 Å². The van der Waals surface area contributed by atoms with Crippen LogP contribution < -0.4 is 5.73 Å². The largest absolute Gasteiger partial charge is 0.461 e. The first kappa shape index (κ1) is 17.3. The molecule has 0 atom stereocenters. The van der Waals surface area contributed by atoms with Crippen molar-refractivity contribution in [1.82, 2.24) is 24.3 Å². The molecule has 0 saturated carbocycles. The van der Waals surface area contributed by atoms with E-state index < -0.39 is 5.97 Å². The average Bonchev–Trinajstić information content (AvgIpc) is 2.94. The molecule has 23 heavy (non-hydrogen) atoms. The number of anilines is 1. The van der Waals surface area contributed by atoms with Gasteiger partial charge in [0.05, 0.1) is 15.6 Å². The molecular weight excluding hydrogens is 432 g/mol. The van der Waals surface area contributed by atoms with Gasteiger partial charge in [-0.25, -0.2) is 24.7 Å². The molecule has 0 aliphatic rings. The molecule has 2 N–H and O–H groups in total. The minimum absolute atomic E-state index is 0.266. The maximum absolute atomic E-state index is 11.4. The highest BCUT2D eigenvalue weighted by molar-refractivity contribution is 9.10. The summed E-state index contributed by atoms with van der Waals surface area (Å²) in [5.74, 6) is 0.341. The quantitative estimate of drug-likeness (QED) is 0.606. The van der Waals surface area contributed by atoms with Crippen LogP contribution in [0, 0.1) is 0 Å². The van der Waals surface area contributed by atoms with Crippen molar-refractivity contribution in [1.29, 1.82) is 0 Å². The van der Waals surface area contributed by atoms with Crippen LogP contribution >= 0.6 is 31.9 Å². The normalized spacial score (nSPS) is 10.0. The Bertz CT molecular complexity index is 785. The van der Waals surface area contributed by atoms with Gasteiger partial charge in [0, 0.05) is 31.0 Å². The maximum Gasteiger partial charge on any atom is 0.358 e. The summed E-state index contributed by atoms with van der Waals surface area (Å²) in [6.07, 6.45) is 8.19. The summed E-state index contributed by atoms with van der Waals surface area (Å²) in [5, 5.41) is 0. The molecule has 3 aromatic rings. The molecule has 0 aromatic carbocycles. The molecule has 0 radical (unpaired) electrons. The predicted octanol–water partition coefficient (Wildman–Crippen LogP) is 2.49. The fourth-order valence-electron chi connectivity index (χ4n) is 1.49. The SMILES string of the molecule is CCOC(=O)c1cn2cc(Br)cnc2n1.Nc1ncc(Br)cn1. The number of rotatable bonds is 2. The zero-order valence-corrected chi connectivity index (χ0v) is 15.2. The molecule has 0 saturated heterocycles. The average molecular weight is 444 g/mol. The summed E-state index contributed by atoms with van der Waals surface area (Å²) in [5.41, 5.74) is 5.45. The zero-order chi connectivity index (χ0) is 16.8. The Labute approximate surface area is 148 Å². The van der Waals surface area contributed by atoms with E-state index in [0.717, 1.165) is 8.95 Å². The molecule has 0 aliphatic heterocycles. The first-order valence-corrected chi connectivity index (χ1v) is 7.98. The molecule has 0 spiro atoms. The van der Waals surface area contributed by atoms with E-state index >= 15 is 0 Å². The fourth-order valence-corrected chi connectivity index (χ4v) is 2.01. The summed E-state index contributed by atoms with van der Waals surface area (Å²) < 4.78 is 8.16. The molecule has 10 heteroatoms. The fraction of sp³-hybridized carbons (Fsp3) is 0.154. The Kier molecular flexibility index (Phi) is 5.99. The number of nitrogens with two attached hydrogens (primary N) is 1. The molecule has 0 bridgehead atoms. The molecule has 0 unspecified atom stereocenters. The highest BCUT2D eigenvalue weighted by Crippen LogP contribution is 2.10. The first-order valence-electron chi connectivity index (χ1n) is 6.40. The number of esters is 1. The number of hydrogen-bond donors (Lipinski definition) is 1. The second-order valence-electron chi connectivity index (χ2n) is 4.09. The van der Waals surface area contributed by atoms with E-state index in [0.29, 0.717) is 18.3 Å². The number of nitrogen functional groups attached to an aromatic ring is 1. The summed E-state index contributed by atoms with van der Waals surface area (Å²) in [4.78, 5) is 26.8. The lowest BCUT2D eigenvalue weighted by Crippen LogP contribution is -2.04. The van der Waals surface area contributed by atoms with Gasteiger partial charge in [-0.1, -0.05) is 0 Å². The summed E-state index contributed by atoms with van der Waals surface area (Å²) in [6, 6.07) is 0. The second kappa shape index (κ2) is 7.97. The van der Waals surface area contributed by atoms with E-state index in [9.17, 15) is 4.79 Å². The lowest BCUT2D eigenvalue weighted by atomic mass is 10.5. The van der Waals surface area contributed by atoms with Gasteiger partial charge in [0.15, 0.2) is 5.69 Å². The van der Waals surface area contributed by atoms with E-state index in [1.165, 1.54) is 0 Å². The first-order chi connectivity index (χ1) is 11.0. The predicted molar refractivity (Wildman–Crippen MR) is 90.8 cm³/mol. The van der Waals surface area contributed by atoms with E-state index in [1.54, 1.807) is 42.3 Å². The van der Waals surface area contributed by atoms with Crippen LogP contribution in [0.25, 0.3) is 5.78 Å². The van der Waals surface area contributed by atoms with Gasteiger partial charge in [0.25, 0.3) is 0 Å². The van der Waals surface area contributed by atoms with Gasteiger partial charge >= 0.3 is 5.97 Å². The topological polar surface area (TPSA) is 108 Å². The molecule has 3 aromatic heterocycles. The van der Waals surface area contributed by atoms with Gasteiger partial charge in [-0.2, -0.15) is 0 Å². The van der Waals surface area contributed by atoms with Crippen molar-refractivity contribution in [3.05, 3.63) is 45.6 Å². The molecule has 3 rings (SSSR count). The van der Waals surface area contributed by atoms with Gasteiger partial charge in [0.2, 0.25) is 11.7 Å². The van der Waals surface area contributed by atoms with Crippen LogP contribution in [0.3, 0.4) is 0 Å². The van der Waals surface area contributed by atoms with E-state index in [2.05, 4.69) is 51.8 Å². The highest BCUT2D eigenvalue weighted by atomic mass is 79.9. The number of nitrogens with zero attached hydrogens (tertiary/aromatic N) is 5. The van der Waals surface area contributed by atoms with Crippen LogP contribution in [0.1, 0.15) is 17.4 Å². The Morgan fingerprint density at radius 3 is 2.43 bits per heavy atom. The van der Waals surface area contributed by atoms with Gasteiger partial charge < -0.3 is 10.5 Å². The summed E-state index contributed by atoms with van der Waals surface area (Å²) >= 11 is 6.45. The third-order valence-corrected chi connectivity index (χ3v) is 3.22. The van der Waals surface area contributed by atoms with Gasteiger partial charge in [-0.15, -0.1) is 0 Å². The molecule has 8 nitrogen and oxygen atoms in total. The smallest absolute Gasteiger partial charge is 0.358 e. The lowest BCUT2D eigenvalue weighted by molar-refractivity contribution is 0.0520. The number of hydrogen-bond acceptors (Lipinski definition) is 7. The number of halogens is 2. The van der Waals surface area contributed by atoms with Crippen LogP contribution in [0.2, 0.25) is 0 Å². The van der Waals surface area contributed by atoms with Gasteiger partial charge in [-0.05, 0) is 38.8 Å². The molecule has 120 valence electrons. The van der Waals surface area contributed by atoms with E-state index in [1.807, 2.05) is 0 Å². The third kappa shape index (κ3) is 4.96. The lowest BCUT2D eigenvalue weighted by Gasteiger charge is -1.94. The number of carbonyl (C=O) groups is 1. The number of imidazole rings is 1. The zero-order valence-electron chi connectivity index (χ0n) is 12.0. The van der Waals surface area contributed by atoms with Gasteiger partial charge in [-0.3, -0.25) is 4.40 Å². The highest BCUT2D eigenvalue weighted by Gasteiger charge is 2.11. The monoisotopic (exact) mass is 442 g/mol. The minimum Gasteiger partial charge on any atom is -0.461 e. The number of aromatic nitrogens is 5. The molecule has 0 aliphatic carbocycles. The van der Waals surface area contributed by atoms with Crippen molar-refractivity contribution in [2.24, 2.45) is 0 Å². The van der Waals surface area contributed by atoms with Crippen molar-refractivity contribution in [2.75, 3.05) is 12.3 Å². The number of fused-ring (bicyclic) bond motifs is 1.